The monoisotopic (exact) mass is 542 g/mol. The topological polar surface area (TPSA) is 188 Å². The Morgan fingerprint density at radius 2 is 1.84 bits per heavy atom. The van der Waals surface area contributed by atoms with Crippen LogP contribution in [0, 0.1) is 0 Å². The summed E-state index contributed by atoms with van der Waals surface area (Å²) >= 11 is 0. The number of nitrogens with one attached hydrogen (secondary N) is 2. The van der Waals surface area contributed by atoms with Gasteiger partial charge >= 0.3 is 7.82 Å². The molecule has 200 valence electrons. The number of hydrogen-bond acceptors (Lipinski definition) is 6. The minimum Gasteiger partial charge on any atom is -0.404 e. The van der Waals surface area contributed by atoms with Gasteiger partial charge in [-0.2, -0.15) is 0 Å². The van der Waals surface area contributed by atoms with Crippen LogP contribution in [0.3, 0.4) is 0 Å². The summed E-state index contributed by atoms with van der Waals surface area (Å²) in [5, 5.41) is 5.27. The summed E-state index contributed by atoms with van der Waals surface area (Å²) in [7, 11) is -4.68. The molecule has 0 radical (unpaired) electrons. The Labute approximate surface area is 218 Å². The van der Waals surface area contributed by atoms with Crippen molar-refractivity contribution in [3.05, 3.63) is 65.2 Å². The van der Waals surface area contributed by atoms with Crippen LogP contribution in [0.2, 0.25) is 0 Å². The molecule has 12 nitrogen and oxygen atoms in total. The highest BCUT2D eigenvalue weighted by atomic mass is 31.2. The van der Waals surface area contributed by atoms with Crippen LogP contribution in [0.15, 0.2) is 48.5 Å². The molecule has 0 saturated carbocycles. The third-order valence-electron chi connectivity index (χ3n) is 6.34. The van der Waals surface area contributed by atoms with Gasteiger partial charge in [0.05, 0.1) is 5.69 Å². The molecule has 0 spiro atoms. The summed E-state index contributed by atoms with van der Waals surface area (Å²) in [4.78, 5) is 69.9. The van der Waals surface area contributed by atoms with Gasteiger partial charge in [0.1, 0.15) is 23.9 Å². The number of anilines is 1. The lowest BCUT2D eigenvalue weighted by Crippen LogP contribution is -2.56. The van der Waals surface area contributed by atoms with Crippen molar-refractivity contribution in [2.24, 2.45) is 5.73 Å². The first-order valence-electron chi connectivity index (χ1n) is 11.8. The van der Waals surface area contributed by atoms with Gasteiger partial charge in [-0.25, -0.2) is 4.57 Å². The number of nitrogens with zero attached hydrogens (tertiary/aromatic N) is 1. The van der Waals surface area contributed by atoms with Crippen LogP contribution in [0.5, 0.6) is 5.75 Å². The predicted molar refractivity (Wildman–Crippen MR) is 137 cm³/mol. The highest BCUT2D eigenvalue weighted by molar-refractivity contribution is 7.46. The normalized spacial score (nSPS) is 19.4. The number of carbonyl (C=O) groups is 4. The van der Waals surface area contributed by atoms with Gasteiger partial charge in [-0.3, -0.25) is 33.9 Å². The lowest BCUT2D eigenvalue weighted by Gasteiger charge is -2.28. The number of primary amides is 1. The predicted octanol–water partition coefficient (Wildman–Crippen LogP) is 0.550. The van der Waals surface area contributed by atoms with Crippen LogP contribution in [0.4, 0.5) is 5.69 Å². The number of hydrogen-bond donors (Lipinski definition) is 5. The Balaban J connectivity index is 1.48. The second kappa shape index (κ2) is 10.8. The minimum absolute atomic E-state index is 0.0302. The summed E-state index contributed by atoms with van der Waals surface area (Å²) < 4.78 is 15.4. The van der Waals surface area contributed by atoms with Gasteiger partial charge in [0, 0.05) is 12.5 Å². The lowest BCUT2D eigenvalue weighted by molar-refractivity contribution is -0.130. The van der Waals surface area contributed by atoms with Crippen molar-refractivity contribution in [3.8, 4) is 5.75 Å². The fraction of sp³-hybridized carbons (Fsp3) is 0.280. The number of benzene rings is 2. The maximum Gasteiger partial charge on any atom is 0.524 e. The smallest absolute Gasteiger partial charge is 0.404 e. The van der Waals surface area contributed by atoms with E-state index in [1.165, 1.54) is 48.2 Å². The summed E-state index contributed by atoms with van der Waals surface area (Å²) in [5.41, 5.74) is 8.22. The molecular formula is C25H27N4O8P. The number of phosphoric acid groups is 1. The number of nitrogens with two attached hydrogens (primary N) is 1. The largest absolute Gasteiger partial charge is 0.524 e. The molecule has 2 aliphatic heterocycles. The average Bonchev–Trinajstić information content (AvgIpc) is 3.19. The van der Waals surface area contributed by atoms with Gasteiger partial charge in [0.15, 0.2) is 0 Å². The van der Waals surface area contributed by atoms with Crippen molar-refractivity contribution < 1.29 is 38.1 Å². The van der Waals surface area contributed by atoms with Gasteiger partial charge in [0.2, 0.25) is 23.6 Å². The van der Waals surface area contributed by atoms with Crippen LogP contribution in [-0.2, 0) is 36.6 Å². The zero-order valence-corrected chi connectivity index (χ0v) is 21.3. The molecule has 0 aromatic heterocycles. The number of amides is 4. The van der Waals surface area contributed by atoms with Crippen molar-refractivity contribution in [1.82, 2.24) is 10.6 Å². The van der Waals surface area contributed by atoms with E-state index in [-0.39, 0.29) is 12.2 Å². The highest BCUT2D eigenvalue weighted by Gasteiger charge is 2.44. The van der Waals surface area contributed by atoms with Crippen molar-refractivity contribution in [2.75, 3.05) is 4.90 Å². The number of aryl methyl sites for hydroxylation is 1. The second-order valence-electron chi connectivity index (χ2n) is 9.07. The van der Waals surface area contributed by atoms with Crippen molar-refractivity contribution in [3.63, 3.8) is 0 Å². The number of para-hydroxylation sites is 1. The molecule has 3 atom stereocenters. The van der Waals surface area contributed by atoms with E-state index in [0.29, 0.717) is 24.1 Å². The molecule has 0 unspecified atom stereocenters. The zero-order valence-electron chi connectivity index (χ0n) is 20.4. The fourth-order valence-electron chi connectivity index (χ4n) is 4.52. The van der Waals surface area contributed by atoms with Gasteiger partial charge in [0.25, 0.3) is 0 Å². The number of phosphoric ester groups is 1. The van der Waals surface area contributed by atoms with Crippen molar-refractivity contribution >= 4 is 43.2 Å². The molecule has 2 aliphatic rings. The molecule has 0 saturated heterocycles. The number of carbonyl (C=O) groups excluding carboxylic acids is 4. The maximum atomic E-state index is 13.6. The van der Waals surface area contributed by atoms with E-state index in [2.05, 4.69) is 15.2 Å². The Morgan fingerprint density at radius 1 is 1.16 bits per heavy atom. The Hall–Kier alpha value is -3.99. The van der Waals surface area contributed by atoms with E-state index in [1.54, 1.807) is 0 Å². The quantitative estimate of drug-likeness (QED) is 0.236. The molecule has 2 aromatic carbocycles. The molecule has 4 rings (SSSR count). The van der Waals surface area contributed by atoms with Crippen LogP contribution < -0.4 is 25.8 Å². The molecule has 0 aliphatic carbocycles. The maximum absolute atomic E-state index is 13.6. The molecule has 38 heavy (non-hydrogen) atoms. The Kier molecular flexibility index (Phi) is 7.68. The van der Waals surface area contributed by atoms with E-state index in [1.807, 2.05) is 18.2 Å². The molecule has 6 N–H and O–H groups in total. The van der Waals surface area contributed by atoms with E-state index in [9.17, 15) is 23.7 Å². The summed E-state index contributed by atoms with van der Waals surface area (Å²) in [6.45, 7) is 1.46. The molecule has 2 aromatic rings. The van der Waals surface area contributed by atoms with Crippen LogP contribution >= 0.6 is 7.82 Å². The molecule has 4 amide bonds. The third kappa shape index (κ3) is 6.10. The Bertz CT molecular complexity index is 1350. The highest BCUT2D eigenvalue weighted by Crippen LogP contribution is 2.39. The second-order valence-corrected chi connectivity index (χ2v) is 10.2. The molecule has 2 heterocycles. The minimum atomic E-state index is -4.68. The Morgan fingerprint density at radius 3 is 2.50 bits per heavy atom. The zero-order chi connectivity index (χ0) is 27.6. The third-order valence-corrected chi connectivity index (χ3v) is 6.79. The van der Waals surface area contributed by atoms with Crippen LogP contribution in [0.25, 0.3) is 6.08 Å². The lowest BCUT2D eigenvalue weighted by atomic mass is 10.0. The number of rotatable bonds is 8. The molecule has 0 fully saturated rings. The molecule has 0 bridgehead atoms. The van der Waals surface area contributed by atoms with Crippen molar-refractivity contribution in [1.29, 1.82) is 0 Å². The first-order valence-corrected chi connectivity index (χ1v) is 13.3. The average molecular weight is 542 g/mol. The van der Waals surface area contributed by atoms with E-state index < -0.39 is 49.6 Å². The summed E-state index contributed by atoms with van der Waals surface area (Å²) in [6, 6.07) is 8.60. The standard InChI is InChI=1S/C25H27N4O8P/c1-14(23(26)31)27-24(32)20-13-17-4-2-3-16-8-11-19(25(33)29(20)22(16)17)28-21(30)12-7-15-5-9-18(10-6-15)37-38(34,35)36/h2-7,9-10,12,14,19-20H,8,11,13H2,1H3,(H2,26,31)(H,27,32)(H,28,30)(H2,34,35,36)/b12-7+/t14-,19-,20-/m0/s1. The van der Waals surface area contributed by atoms with Crippen LogP contribution in [0.1, 0.15) is 30.0 Å². The van der Waals surface area contributed by atoms with E-state index >= 15 is 0 Å². The first-order chi connectivity index (χ1) is 17.9. The summed E-state index contributed by atoms with van der Waals surface area (Å²) in [5.74, 6) is -2.20. The fourth-order valence-corrected chi connectivity index (χ4v) is 4.92. The van der Waals surface area contributed by atoms with Gasteiger partial charge < -0.3 is 20.9 Å². The molecular weight excluding hydrogens is 515 g/mol. The van der Waals surface area contributed by atoms with E-state index in [4.69, 9.17) is 15.5 Å². The molecule has 13 heteroatoms. The van der Waals surface area contributed by atoms with E-state index in [0.717, 1.165) is 11.1 Å². The first kappa shape index (κ1) is 27.1. The van der Waals surface area contributed by atoms with Gasteiger partial charge in [-0.1, -0.05) is 30.3 Å². The van der Waals surface area contributed by atoms with Crippen LogP contribution in [-0.4, -0.2) is 51.5 Å². The van der Waals surface area contributed by atoms with Gasteiger partial charge in [-0.05, 0) is 54.7 Å². The SMILES string of the molecule is C[C@H](NC(=O)[C@@H]1Cc2cccc3c2N1C(=O)[C@@H](NC(=O)/C=C/c1ccc(OP(=O)(O)O)cc1)CC3)C(N)=O. The van der Waals surface area contributed by atoms with Gasteiger partial charge in [-0.15, -0.1) is 0 Å². The van der Waals surface area contributed by atoms with Crippen molar-refractivity contribution in [2.45, 2.75) is 44.3 Å². The summed E-state index contributed by atoms with van der Waals surface area (Å²) in [6.07, 6.45) is 3.81.